The van der Waals surface area contributed by atoms with Gasteiger partial charge in [-0.25, -0.2) is 4.99 Å². The highest BCUT2D eigenvalue weighted by molar-refractivity contribution is 6.01. The third-order valence-electron chi connectivity index (χ3n) is 7.21. The van der Waals surface area contributed by atoms with Crippen molar-refractivity contribution in [3.05, 3.63) is 187 Å². The Bertz CT molecular complexity index is 1970. The maximum atomic E-state index is 6.37. The quantitative estimate of drug-likeness (QED) is 0.130. The summed E-state index contributed by atoms with van der Waals surface area (Å²) in [7, 11) is 3.31. The van der Waals surface area contributed by atoms with Crippen LogP contribution in [0.1, 0.15) is 22.3 Å². The molecular formula is C42H36N2O3. The molecule has 0 aliphatic carbocycles. The lowest BCUT2D eigenvalue weighted by Crippen LogP contribution is -1.97. The summed E-state index contributed by atoms with van der Waals surface area (Å²) in [5.74, 6) is 5.99. The van der Waals surface area contributed by atoms with Gasteiger partial charge in [-0.05, 0) is 83.2 Å². The number of aliphatic imine (C=N–C) groups is 1. The van der Waals surface area contributed by atoms with Crippen molar-refractivity contribution in [1.29, 1.82) is 0 Å². The molecule has 6 rings (SSSR count). The van der Waals surface area contributed by atoms with E-state index in [2.05, 4.69) is 17.4 Å². The third kappa shape index (κ3) is 8.67. The molecule has 5 heteroatoms. The van der Waals surface area contributed by atoms with Crippen molar-refractivity contribution in [1.82, 2.24) is 0 Å². The van der Waals surface area contributed by atoms with Gasteiger partial charge in [-0.2, -0.15) is 0 Å². The molecule has 0 unspecified atom stereocenters. The number of methoxy groups -OCH3 is 2. The Balaban J connectivity index is 0.000000549. The molecule has 2 N–H and O–H groups in total. The van der Waals surface area contributed by atoms with Crippen LogP contribution in [0.5, 0.6) is 23.0 Å². The molecule has 232 valence electrons. The number of nitrogens with zero attached hydrogens (tertiary/aromatic N) is 1. The van der Waals surface area contributed by atoms with Gasteiger partial charge in [0.1, 0.15) is 23.0 Å². The van der Waals surface area contributed by atoms with E-state index in [-0.39, 0.29) is 0 Å². The van der Waals surface area contributed by atoms with Gasteiger partial charge in [0, 0.05) is 16.8 Å². The number of hydrogen-bond donors (Lipinski definition) is 1. The summed E-state index contributed by atoms with van der Waals surface area (Å²) in [6.07, 6.45) is 0. The zero-order valence-electron chi connectivity index (χ0n) is 26.5. The van der Waals surface area contributed by atoms with Gasteiger partial charge < -0.3 is 19.9 Å². The fourth-order valence-corrected chi connectivity index (χ4v) is 4.82. The predicted octanol–water partition coefficient (Wildman–Crippen LogP) is 10.3. The Labute approximate surface area is 276 Å². The number of nitrogen functional groups attached to an aromatic ring is 1. The van der Waals surface area contributed by atoms with E-state index in [1.807, 2.05) is 158 Å². The number of anilines is 1. The van der Waals surface area contributed by atoms with Crippen LogP contribution in [0.4, 0.5) is 11.4 Å². The van der Waals surface area contributed by atoms with Crippen LogP contribution in [0.2, 0.25) is 0 Å². The van der Waals surface area contributed by atoms with Crippen molar-refractivity contribution in [3.63, 3.8) is 0 Å². The monoisotopic (exact) mass is 616 g/mol. The summed E-state index contributed by atoms with van der Waals surface area (Å²) in [6, 6.07) is 50.7. The highest BCUT2D eigenvalue weighted by Gasteiger charge is 2.15. The van der Waals surface area contributed by atoms with Crippen molar-refractivity contribution in [2.24, 2.45) is 4.99 Å². The predicted molar refractivity (Wildman–Crippen MR) is 194 cm³/mol. The van der Waals surface area contributed by atoms with Crippen LogP contribution >= 0.6 is 0 Å². The van der Waals surface area contributed by atoms with E-state index in [0.717, 1.165) is 50.5 Å². The van der Waals surface area contributed by atoms with Gasteiger partial charge in [0.2, 0.25) is 0 Å². The van der Waals surface area contributed by atoms with E-state index < -0.39 is 0 Å². The Morgan fingerprint density at radius 2 is 1.04 bits per heavy atom. The Morgan fingerprint density at radius 1 is 0.574 bits per heavy atom. The zero-order chi connectivity index (χ0) is 32.8. The first-order chi connectivity index (χ1) is 23.1. The van der Waals surface area contributed by atoms with Crippen LogP contribution < -0.4 is 19.9 Å². The second kappa shape index (κ2) is 16.1. The van der Waals surface area contributed by atoms with Crippen LogP contribution in [0, 0.1) is 0 Å². The topological polar surface area (TPSA) is 66.1 Å². The molecule has 47 heavy (non-hydrogen) atoms. The summed E-state index contributed by atoms with van der Waals surface area (Å²) in [5, 5.41) is 0. The van der Waals surface area contributed by atoms with Gasteiger partial charge in [0.05, 0.1) is 25.5 Å². The van der Waals surface area contributed by atoms with Crippen LogP contribution in [-0.4, -0.2) is 20.1 Å². The van der Waals surface area contributed by atoms with E-state index in [1.165, 1.54) is 0 Å². The molecule has 5 nitrogen and oxygen atoms in total. The molecule has 0 bridgehead atoms. The van der Waals surface area contributed by atoms with Crippen LogP contribution in [0.15, 0.2) is 169 Å². The van der Waals surface area contributed by atoms with Crippen LogP contribution in [0.3, 0.4) is 0 Å². The Hall–Kier alpha value is -6.29. The lowest BCUT2D eigenvalue weighted by Gasteiger charge is -2.16. The number of nitrogens with two attached hydrogens (primary N) is 1. The number of rotatable bonds is 9. The largest absolute Gasteiger partial charge is 0.496 e. The normalized spacial score (nSPS) is 10.0. The first-order valence-corrected chi connectivity index (χ1v) is 15.1. The summed E-state index contributed by atoms with van der Waals surface area (Å²) in [6.45, 7) is 4.32. The third-order valence-corrected chi connectivity index (χ3v) is 7.21. The van der Waals surface area contributed by atoms with Crippen molar-refractivity contribution < 1.29 is 14.2 Å². The fourth-order valence-electron chi connectivity index (χ4n) is 4.82. The summed E-state index contributed by atoms with van der Waals surface area (Å²) in [5.41, 5.74) is 12.3. The molecule has 0 heterocycles. The Kier molecular flexibility index (Phi) is 11.0. The Morgan fingerprint density at radius 3 is 1.55 bits per heavy atom. The van der Waals surface area contributed by atoms with Gasteiger partial charge in [0.15, 0.2) is 0 Å². The standard InChI is InChI=1S/C36H29NO3.C6H7N/c1-26(27-13-7-4-8-14-27)32-23-30(19-21-35(32)38-2)40-31-20-22-36(39-3)33(24-31)34(28-15-9-5-10-16-28)25-37-29-17-11-6-12-18-29;7-6-4-2-1-3-5-6/h4-24H,1H2,2-3H3;1-5H,7H2. The molecule has 0 aromatic heterocycles. The molecular weight excluding hydrogens is 580 g/mol. The zero-order valence-corrected chi connectivity index (χ0v) is 26.5. The van der Waals surface area contributed by atoms with Crippen molar-refractivity contribution in [2.75, 3.05) is 20.0 Å². The highest BCUT2D eigenvalue weighted by Crippen LogP contribution is 2.37. The molecule has 0 atom stereocenters. The SMILES string of the molecule is C=C(c1ccccc1)c1cc(Oc2ccc(OC)c(C(=C=Nc3ccccc3)c3ccccc3)c2)ccc1OC.Nc1ccccc1. The number of benzene rings is 6. The first-order valence-electron chi connectivity index (χ1n) is 15.1. The van der Waals surface area contributed by atoms with Crippen LogP contribution in [0.25, 0.3) is 11.1 Å². The lowest BCUT2D eigenvalue weighted by molar-refractivity contribution is 0.409. The van der Waals surface area contributed by atoms with Crippen molar-refractivity contribution in [3.8, 4) is 23.0 Å². The van der Waals surface area contributed by atoms with E-state index in [1.54, 1.807) is 14.2 Å². The minimum atomic E-state index is 0.646. The molecule has 0 aliphatic rings. The summed E-state index contributed by atoms with van der Waals surface area (Å²) in [4.78, 5) is 4.62. The van der Waals surface area contributed by atoms with E-state index >= 15 is 0 Å². The maximum absolute atomic E-state index is 6.37. The van der Waals surface area contributed by atoms with Crippen LogP contribution in [-0.2, 0) is 0 Å². The second-order valence-electron chi connectivity index (χ2n) is 10.4. The summed E-state index contributed by atoms with van der Waals surface area (Å²) < 4.78 is 17.7. The number of ether oxygens (including phenoxy) is 3. The average Bonchev–Trinajstić information content (AvgIpc) is 3.13. The number of hydrogen-bond acceptors (Lipinski definition) is 5. The summed E-state index contributed by atoms with van der Waals surface area (Å²) >= 11 is 0. The van der Waals surface area contributed by atoms with Crippen molar-refractivity contribution >= 4 is 28.4 Å². The molecule has 0 radical (unpaired) electrons. The molecule has 0 amide bonds. The minimum absolute atomic E-state index is 0.646. The highest BCUT2D eigenvalue weighted by atomic mass is 16.5. The molecule has 0 fully saturated rings. The van der Waals surface area contributed by atoms with E-state index in [0.29, 0.717) is 17.2 Å². The fraction of sp³-hybridized carbons (Fsp3) is 0.0476. The average molecular weight is 617 g/mol. The van der Waals surface area contributed by atoms with Crippen molar-refractivity contribution in [2.45, 2.75) is 0 Å². The molecule has 6 aromatic rings. The van der Waals surface area contributed by atoms with Gasteiger partial charge in [-0.15, -0.1) is 0 Å². The lowest BCUT2D eigenvalue weighted by atomic mass is 9.98. The maximum Gasteiger partial charge on any atom is 0.128 e. The molecule has 6 aromatic carbocycles. The number of para-hydroxylation sites is 2. The molecule has 0 saturated heterocycles. The van der Waals surface area contributed by atoms with Gasteiger partial charge >= 0.3 is 0 Å². The minimum Gasteiger partial charge on any atom is -0.496 e. The van der Waals surface area contributed by atoms with Gasteiger partial charge in [-0.3, -0.25) is 0 Å². The van der Waals surface area contributed by atoms with Gasteiger partial charge in [-0.1, -0.05) is 104 Å². The second-order valence-corrected chi connectivity index (χ2v) is 10.4. The first kappa shape index (κ1) is 32.1. The smallest absolute Gasteiger partial charge is 0.128 e. The van der Waals surface area contributed by atoms with E-state index in [4.69, 9.17) is 19.9 Å². The molecule has 0 spiro atoms. The molecule has 0 saturated carbocycles. The van der Waals surface area contributed by atoms with E-state index in [9.17, 15) is 0 Å². The van der Waals surface area contributed by atoms with Gasteiger partial charge in [0.25, 0.3) is 0 Å². The molecule has 0 aliphatic heterocycles.